The first-order valence-electron chi connectivity index (χ1n) is 11.4. The Morgan fingerprint density at radius 3 is 2.84 bits per heavy atom. The van der Waals surface area contributed by atoms with Crippen LogP contribution in [0.5, 0.6) is 5.75 Å². The van der Waals surface area contributed by atoms with Gasteiger partial charge < -0.3 is 15.0 Å². The topological polar surface area (TPSA) is 70.2 Å². The number of fused-ring (bicyclic) bond motifs is 1. The molecule has 0 radical (unpaired) electrons. The summed E-state index contributed by atoms with van der Waals surface area (Å²) in [7, 11) is 1.65. The highest BCUT2D eigenvalue weighted by atomic mass is 35.5. The van der Waals surface area contributed by atoms with Gasteiger partial charge in [-0.3, -0.25) is 9.69 Å². The summed E-state index contributed by atoms with van der Waals surface area (Å²) in [6, 6.07) is 11.9. The van der Waals surface area contributed by atoms with Gasteiger partial charge in [0, 0.05) is 25.0 Å². The maximum Gasteiger partial charge on any atom is 0.224 e. The second-order valence-electron chi connectivity index (χ2n) is 8.43. The smallest absolute Gasteiger partial charge is 0.224 e. The van der Waals surface area contributed by atoms with Gasteiger partial charge in [-0.25, -0.2) is 4.98 Å². The van der Waals surface area contributed by atoms with Crippen molar-refractivity contribution in [2.24, 2.45) is 0 Å². The van der Waals surface area contributed by atoms with Gasteiger partial charge in [-0.1, -0.05) is 24.1 Å². The minimum absolute atomic E-state index is 0.00135. The predicted molar refractivity (Wildman–Crippen MR) is 128 cm³/mol. The molecule has 0 saturated carbocycles. The number of aryl methyl sites for hydroxylation is 1. The van der Waals surface area contributed by atoms with Gasteiger partial charge in [-0.15, -0.1) is 0 Å². The van der Waals surface area contributed by atoms with E-state index in [-0.39, 0.29) is 5.91 Å². The van der Waals surface area contributed by atoms with E-state index in [2.05, 4.69) is 26.3 Å². The Morgan fingerprint density at radius 1 is 1.19 bits per heavy atom. The number of likely N-dealkylation sites (tertiary alicyclic amines) is 1. The number of carbonyl (C=O) groups excluding carboxylic acids is 1. The zero-order valence-corrected chi connectivity index (χ0v) is 19.4. The Kier molecular flexibility index (Phi) is 7.66. The minimum Gasteiger partial charge on any atom is -0.494 e. The molecule has 4 rings (SSSR count). The number of H-pyrrole nitrogens is 1. The van der Waals surface area contributed by atoms with E-state index < -0.39 is 0 Å². The quantitative estimate of drug-likeness (QED) is 0.467. The lowest BCUT2D eigenvalue weighted by molar-refractivity contribution is -0.119. The van der Waals surface area contributed by atoms with E-state index in [9.17, 15) is 4.79 Å². The van der Waals surface area contributed by atoms with Gasteiger partial charge in [0.15, 0.2) is 0 Å². The van der Waals surface area contributed by atoms with Crippen LogP contribution in [0, 0.1) is 0 Å². The van der Waals surface area contributed by atoms with Crippen LogP contribution in [0.25, 0.3) is 11.0 Å². The molecule has 0 atom stereocenters. The summed E-state index contributed by atoms with van der Waals surface area (Å²) in [5.74, 6) is 1.80. The van der Waals surface area contributed by atoms with Crippen molar-refractivity contribution in [1.29, 1.82) is 0 Å². The predicted octanol–water partition coefficient (Wildman–Crippen LogP) is 4.50. The van der Waals surface area contributed by atoms with E-state index in [4.69, 9.17) is 16.3 Å². The van der Waals surface area contributed by atoms with Crippen molar-refractivity contribution in [3.63, 3.8) is 0 Å². The molecule has 1 fully saturated rings. The van der Waals surface area contributed by atoms with Crippen LogP contribution in [-0.4, -0.2) is 47.5 Å². The number of ether oxygens (including phenoxy) is 1. The third-order valence-electron chi connectivity index (χ3n) is 5.93. The molecule has 1 aliphatic heterocycles. The lowest BCUT2D eigenvalue weighted by Gasteiger charge is -2.26. The summed E-state index contributed by atoms with van der Waals surface area (Å²) in [5.41, 5.74) is 3.97. The summed E-state index contributed by atoms with van der Waals surface area (Å²) < 4.78 is 6.00. The standard InChI is InChI=1S/C25H31ClN4O2/c1-27-25(31)15-18-7-10-22-23(14-18)29-24(28-22)6-5-13-32-20-8-9-21(26)19(16-20)17-30-11-3-2-4-12-30/h7-10,14,16H,2-6,11-13,15,17H2,1H3,(H,27,31)(H,28,29). The molecule has 1 aromatic heterocycles. The summed E-state index contributed by atoms with van der Waals surface area (Å²) in [5, 5.41) is 3.46. The Bertz CT molecular complexity index is 1060. The largest absolute Gasteiger partial charge is 0.494 e. The lowest BCUT2D eigenvalue weighted by atomic mass is 10.1. The van der Waals surface area contributed by atoms with Gasteiger partial charge in [0.05, 0.1) is 24.1 Å². The van der Waals surface area contributed by atoms with Crippen LogP contribution in [0.1, 0.15) is 42.6 Å². The number of aromatic nitrogens is 2. The fourth-order valence-corrected chi connectivity index (χ4v) is 4.33. The molecule has 0 unspecified atom stereocenters. The zero-order chi connectivity index (χ0) is 22.3. The summed E-state index contributed by atoms with van der Waals surface area (Å²) in [4.78, 5) is 22.1. The van der Waals surface area contributed by atoms with E-state index in [1.165, 1.54) is 19.3 Å². The highest BCUT2D eigenvalue weighted by Crippen LogP contribution is 2.25. The van der Waals surface area contributed by atoms with E-state index in [1.807, 2.05) is 30.3 Å². The van der Waals surface area contributed by atoms with E-state index in [1.54, 1.807) is 7.05 Å². The van der Waals surface area contributed by atoms with Crippen molar-refractivity contribution in [3.8, 4) is 5.75 Å². The first-order valence-corrected chi connectivity index (χ1v) is 11.8. The first-order chi connectivity index (χ1) is 15.6. The Hall–Kier alpha value is -2.57. The molecular formula is C25H31ClN4O2. The molecule has 0 bridgehead atoms. The Morgan fingerprint density at radius 2 is 2.03 bits per heavy atom. The number of nitrogens with zero attached hydrogens (tertiary/aromatic N) is 2. The van der Waals surface area contributed by atoms with Crippen LogP contribution >= 0.6 is 11.6 Å². The van der Waals surface area contributed by atoms with Gasteiger partial charge in [0.2, 0.25) is 5.91 Å². The number of benzene rings is 2. The van der Waals surface area contributed by atoms with Gasteiger partial charge >= 0.3 is 0 Å². The Balaban J connectivity index is 1.28. The third kappa shape index (κ3) is 6.02. The van der Waals surface area contributed by atoms with Crippen molar-refractivity contribution in [2.75, 3.05) is 26.7 Å². The maximum absolute atomic E-state index is 11.6. The number of hydrogen-bond donors (Lipinski definition) is 2. The van der Waals surface area contributed by atoms with Crippen LogP contribution in [0.3, 0.4) is 0 Å². The monoisotopic (exact) mass is 454 g/mol. The molecule has 0 spiro atoms. The highest BCUT2D eigenvalue weighted by molar-refractivity contribution is 6.31. The molecular weight excluding hydrogens is 424 g/mol. The summed E-state index contributed by atoms with van der Waals surface area (Å²) in [6.07, 6.45) is 5.89. The lowest BCUT2D eigenvalue weighted by Crippen LogP contribution is -2.29. The molecule has 32 heavy (non-hydrogen) atoms. The van der Waals surface area contributed by atoms with Crippen molar-refractivity contribution in [2.45, 2.75) is 45.1 Å². The molecule has 1 amide bonds. The number of likely N-dealkylation sites (N-methyl/N-ethyl adjacent to an activating group) is 1. The minimum atomic E-state index is -0.00135. The van der Waals surface area contributed by atoms with Crippen LogP contribution in [0.15, 0.2) is 36.4 Å². The second-order valence-corrected chi connectivity index (χ2v) is 8.83. The van der Waals surface area contributed by atoms with E-state index in [0.717, 1.165) is 71.2 Å². The van der Waals surface area contributed by atoms with E-state index >= 15 is 0 Å². The third-order valence-corrected chi connectivity index (χ3v) is 6.30. The van der Waals surface area contributed by atoms with Crippen molar-refractivity contribution < 1.29 is 9.53 Å². The van der Waals surface area contributed by atoms with Crippen LogP contribution in [0.4, 0.5) is 0 Å². The van der Waals surface area contributed by atoms with Gasteiger partial charge in [-0.2, -0.15) is 0 Å². The number of carbonyl (C=O) groups is 1. The normalized spacial score (nSPS) is 14.6. The molecule has 2 heterocycles. The van der Waals surface area contributed by atoms with Gasteiger partial charge in [0.1, 0.15) is 11.6 Å². The molecule has 1 aliphatic rings. The van der Waals surface area contributed by atoms with Crippen molar-refractivity contribution in [3.05, 3.63) is 58.4 Å². The molecule has 2 aromatic carbocycles. The van der Waals surface area contributed by atoms with Gasteiger partial charge in [0.25, 0.3) is 0 Å². The summed E-state index contributed by atoms with van der Waals surface area (Å²) in [6.45, 7) is 3.79. The number of amides is 1. The number of imidazole rings is 1. The Labute approximate surface area is 194 Å². The van der Waals surface area contributed by atoms with Crippen molar-refractivity contribution in [1.82, 2.24) is 20.2 Å². The molecule has 2 N–H and O–H groups in total. The number of nitrogens with one attached hydrogen (secondary N) is 2. The average molecular weight is 455 g/mol. The van der Waals surface area contributed by atoms with Crippen LogP contribution in [0.2, 0.25) is 5.02 Å². The maximum atomic E-state index is 11.6. The molecule has 1 saturated heterocycles. The SMILES string of the molecule is CNC(=O)Cc1ccc2[nH]c(CCCOc3ccc(Cl)c(CN4CCCCC4)c3)nc2c1. The number of rotatable bonds is 9. The number of halogens is 1. The van der Waals surface area contributed by atoms with Crippen LogP contribution < -0.4 is 10.1 Å². The molecule has 7 heteroatoms. The molecule has 3 aromatic rings. The fourth-order valence-electron chi connectivity index (χ4n) is 4.16. The van der Waals surface area contributed by atoms with Crippen molar-refractivity contribution >= 4 is 28.5 Å². The number of aromatic amines is 1. The number of hydrogen-bond acceptors (Lipinski definition) is 4. The van der Waals surface area contributed by atoms with E-state index in [0.29, 0.717) is 13.0 Å². The zero-order valence-electron chi connectivity index (χ0n) is 18.6. The second kappa shape index (κ2) is 10.8. The van der Waals surface area contributed by atoms with Gasteiger partial charge in [-0.05, 0) is 73.8 Å². The highest BCUT2D eigenvalue weighted by Gasteiger charge is 2.13. The molecule has 170 valence electrons. The fraction of sp³-hybridized carbons (Fsp3) is 0.440. The molecule has 0 aliphatic carbocycles. The molecule has 6 nitrogen and oxygen atoms in total. The summed E-state index contributed by atoms with van der Waals surface area (Å²) >= 11 is 6.43. The number of piperidine rings is 1. The van der Waals surface area contributed by atoms with Crippen LogP contribution in [-0.2, 0) is 24.2 Å². The first kappa shape index (κ1) is 22.6. The average Bonchev–Trinajstić information content (AvgIpc) is 3.21.